The summed E-state index contributed by atoms with van der Waals surface area (Å²) in [6.07, 6.45) is 3.11. The molecular weight excluding hydrogens is 208 g/mol. The minimum absolute atomic E-state index is 0.475. The third-order valence-electron chi connectivity index (χ3n) is 3.48. The van der Waals surface area contributed by atoms with Gasteiger partial charge in [-0.05, 0) is 25.0 Å². The highest BCUT2D eigenvalue weighted by Gasteiger charge is 2.09. The van der Waals surface area contributed by atoms with Gasteiger partial charge in [-0.1, -0.05) is 38.5 Å². The van der Waals surface area contributed by atoms with E-state index in [1.165, 1.54) is 11.8 Å². The molecule has 1 aromatic carbocycles. The summed E-state index contributed by atoms with van der Waals surface area (Å²) in [5.41, 5.74) is 2.16. The lowest BCUT2D eigenvalue weighted by Crippen LogP contribution is -2.23. The molecule has 0 saturated heterocycles. The van der Waals surface area contributed by atoms with Gasteiger partial charge in [-0.3, -0.25) is 4.98 Å². The number of fused-ring (bicyclic) bond motifs is 1. The van der Waals surface area contributed by atoms with E-state index in [9.17, 15) is 0 Å². The zero-order valence-electron chi connectivity index (χ0n) is 10.8. The molecule has 0 fully saturated rings. The van der Waals surface area contributed by atoms with Crippen LogP contribution in [0.4, 0.5) is 5.69 Å². The fourth-order valence-electron chi connectivity index (χ4n) is 1.91. The standard InChI is InChI=1S/C15H20N2/c1-4-11(2)12(3)17-14-9-13-7-5-6-8-15(13)16-10-14/h5-12,17H,4H2,1-3H3. The van der Waals surface area contributed by atoms with E-state index in [1.54, 1.807) is 0 Å². The molecule has 2 unspecified atom stereocenters. The van der Waals surface area contributed by atoms with Crippen molar-refractivity contribution < 1.29 is 0 Å². The molecule has 90 valence electrons. The summed E-state index contributed by atoms with van der Waals surface area (Å²) < 4.78 is 0. The summed E-state index contributed by atoms with van der Waals surface area (Å²) >= 11 is 0. The van der Waals surface area contributed by atoms with Crippen LogP contribution in [0, 0.1) is 5.92 Å². The molecule has 2 heteroatoms. The molecule has 0 bridgehead atoms. The van der Waals surface area contributed by atoms with Crippen LogP contribution in [-0.4, -0.2) is 11.0 Å². The van der Waals surface area contributed by atoms with Gasteiger partial charge >= 0.3 is 0 Å². The number of hydrogen-bond acceptors (Lipinski definition) is 2. The van der Waals surface area contributed by atoms with Gasteiger partial charge in [0.1, 0.15) is 0 Å². The lowest BCUT2D eigenvalue weighted by molar-refractivity contribution is 0.494. The van der Waals surface area contributed by atoms with E-state index in [0.29, 0.717) is 12.0 Å². The molecule has 0 aliphatic heterocycles. The smallest absolute Gasteiger partial charge is 0.0703 e. The number of hydrogen-bond donors (Lipinski definition) is 1. The summed E-state index contributed by atoms with van der Waals surface area (Å²) in [7, 11) is 0. The van der Waals surface area contributed by atoms with Crippen LogP contribution in [0.5, 0.6) is 0 Å². The summed E-state index contributed by atoms with van der Waals surface area (Å²) in [6, 6.07) is 10.8. The maximum absolute atomic E-state index is 4.46. The van der Waals surface area contributed by atoms with Gasteiger partial charge in [0.2, 0.25) is 0 Å². The second-order valence-electron chi connectivity index (χ2n) is 4.74. The Morgan fingerprint density at radius 3 is 2.76 bits per heavy atom. The first-order valence-electron chi connectivity index (χ1n) is 6.32. The van der Waals surface area contributed by atoms with Gasteiger partial charge in [-0.15, -0.1) is 0 Å². The molecule has 0 saturated carbocycles. The molecule has 0 aliphatic carbocycles. The second kappa shape index (κ2) is 5.17. The minimum Gasteiger partial charge on any atom is -0.381 e. The first kappa shape index (κ1) is 11.9. The van der Waals surface area contributed by atoms with Crippen molar-refractivity contribution >= 4 is 16.6 Å². The van der Waals surface area contributed by atoms with E-state index in [-0.39, 0.29) is 0 Å². The van der Waals surface area contributed by atoms with Crippen molar-refractivity contribution in [3.05, 3.63) is 36.5 Å². The lowest BCUT2D eigenvalue weighted by Gasteiger charge is -2.21. The largest absolute Gasteiger partial charge is 0.381 e. The molecule has 0 aliphatic rings. The fourth-order valence-corrected chi connectivity index (χ4v) is 1.91. The number of pyridine rings is 1. The van der Waals surface area contributed by atoms with Crippen molar-refractivity contribution in [3.8, 4) is 0 Å². The normalized spacial score (nSPS) is 14.5. The van der Waals surface area contributed by atoms with Crippen LogP contribution in [0.25, 0.3) is 10.9 Å². The minimum atomic E-state index is 0.475. The Hall–Kier alpha value is -1.57. The van der Waals surface area contributed by atoms with E-state index < -0.39 is 0 Å². The Bertz CT molecular complexity index is 493. The molecule has 17 heavy (non-hydrogen) atoms. The van der Waals surface area contributed by atoms with E-state index in [0.717, 1.165) is 11.2 Å². The molecule has 0 amide bonds. The van der Waals surface area contributed by atoms with Gasteiger partial charge in [0, 0.05) is 11.4 Å². The van der Waals surface area contributed by atoms with Gasteiger partial charge in [-0.2, -0.15) is 0 Å². The Kier molecular flexibility index (Phi) is 3.62. The maximum atomic E-state index is 4.46. The topological polar surface area (TPSA) is 24.9 Å². The molecular formula is C15H20N2. The predicted octanol–water partition coefficient (Wildman–Crippen LogP) is 4.08. The van der Waals surface area contributed by atoms with Gasteiger partial charge < -0.3 is 5.32 Å². The van der Waals surface area contributed by atoms with E-state index in [1.807, 2.05) is 24.4 Å². The van der Waals surface area contributed by atoms with Gasteiger partial charge in [0.15, 0.2) is 0 Å². The van der Waals surface area contributed by atoms with Gasteiger partial charge in [0.25, 0.3) is 0 Å². The number of rotatable bonds is 4. The average Bonchev–Trinajstić information content (AvgIpc) is 2.37. The average molecular weight is 228 g/mol. The highest BCUT2D eigenvalue weighted by Crippen LogP contribution is 2.19. The first-order chi connectivity index (χ1) is 8.20. The third kappa shape index (κ3) is 2.76. The molecule has 0 spiro atoms. The Morgan fingerprint density at radius 1 is 1.24 bits per heavy atom. The number of para-hydroxylation sites is 1. The van der Waals surface area contributed by atoms with Crippen molar-refractivity contribution in [1.82, 2.24) is 4.98 Å². The summed E-state index contributed by atoms with van der Waals surface area (Å²) in [5.74, 6) is 0.668. The summed E-state index contributed by atoms with van der Waals surface area (Å²) in [6.45, 7) is 6.72. The van der Waals surface area contributed by atoms with Crippen LogP contribution < -0.4 is 5.32 Å². The lowest BCUT2D eigenvalue weighted by atomic mass is 10.0. The van der Waals surface area contributed by atoms with Crippen LogP contribution >= 0.6 is 0 Å². The first-order valence-corrected chi connectivity index (χ1v) is 6.32. The molecule has 1 aromatic heterocycles. The number of benzene rings is 1. The van der Waals surface area contributed by atoms with Crippen LogP contribution in [0.3, 0.4) is 0 Å². The number of anilines is 1. The van der Waals surface area contributed by atoms with Crippen molar-refractivity contribution in [2.45, 2.75) is 33.2 Å². The zero-order chi connectivity index (χ0) is 12.3. The molecule has 0 radical (unpaired) electrons. The fraction of sp³-hybridized carbons (Fsp3) is 0.400. The molecule has 1 N–H and O–H groups in total. The van der Waals surface area contributed by atoms with Gasteiger partial charge in [-0.25, -0.2) is 0 Å². The quantitative estimate of drug-likeness (QED) is 0.852. The zero-order valence-corrected chi connectivity index (χ0v) is 10.8. The monoisotopic (exact) mass is 228 g/mol. The number of aromatic nitrogens is 1. The van der Waals surface area contributed by atoms with Crippen molar-refractivity contribution in [2.75, 3.05) is 5.32 Å². The van der Waals surface area contributed by atoms with E-state index in [4.69, 9.17) is 0 Å². The molecule has 2 nitrogen and oxygen atoms in total. The SMILES string of the molecule is CCC(C)C(C)Nc1cnc2ccccc2c1. The Labute approximate surface area is 103 Å². The highest BCUT2D eigenvalue weighted by molar-refractivity contribution is 5.81. The van der Waals surface area contributed by atoms with Crippen LogP contribution in [0.15, 0.2) is 36.5 Å². The van der Waals surface area contributed by atoms with Crippen molar-refractivity contribution in [2.24, 2.45) is 5.92 Å². The van der Waals surface area contributed by atoms with E-state index >= 15 is 0 Å². The number of nitrogens with one attached hydrogen (secondary N) is 1. The summed E-state index contributed by atoms with van der Waals surface area (Å²) in [5, 5.41) is 4.71. The predicted molar refractivity (Wildman–Crippen MR) is 74.3 cm³/mol. The molecule has 2 aromatic rings. The maximum Gasteiger partial charge on any atom is 0.0703 e. The van der Waals surface area contributed by atoms with Crippen molar-refractivity contribution in [1.29, 1.82) is 0 Å². The number of nitrogens with zero attached hydrogens (tertiary/aromatic N) is 1. The Morgan fingerprint density at radius 2 is 2.00 bits per heavy atom. The Balaban J connectivity index is 2.19. The molecule has 2 atom stereocenters. The summed E-state index contributed by atoms with van der Waals surface area (Å²) in [4.78, 5) is 4.46. The van der Waals surface area contributed by atoms with Crippen LogP contribution in [-0.2, 0) is 0 Å². The van der Waals surface area contributed by atoms with Crippen molar-refractivity contribution in [3.63, 3.8) is 0 Å². The molecule has 1 heterocycles. The highest BCUT2D eigenvalue weighted by atomic mass is 14.9. The van der Waals surface area contributed by atoms with Crippen LogP contribution in [0.2, 0.25) is 0 Å². The third-order valence-corrected chi connectivity index (χ3v) is 3.48. The second-order valence-corrected chi connectivity index (χ2v) is 4.74. The van der Waals surface area contributed by atoms with Crippen LogP contribution in [0.1, 0.15) is 27.2 Å². The molecule has 2 rings (SSSR count). The van der Waals surface area contributed by atoms with Gasteiger partial charge in [0.05, 0.1) is 17.4 Å². The van der Waals surface area contributed by atoms with E-state index in [2.05, 4.69) is 43.2 Å².